The zero-order valence-electron chi connectivity index (χ0n) is 12.8. The van der Waals surface area contributed by atoms with Gasteiger partial charge in [0.15, 0.2) is 0 Å². The summed E-state index contributed by atoms with van der Waals surface area (Å²) < 4.78 is 10.5. The van der Waals surface area contributed by atoms with Crippen LogP contribution in [0.2, 0.25) is 0 Å². The third-order valence-corrected chi connectivity index (χ3v) is 3.46. The molecule has 1 atom stereocenters. The first-order valence-electron chi connectivity index (χ1n) is 6.74. The molecule has 0 aliphatic rings. The molecule has 1 N–H and O–H groups in total. The maximum atomic E-state index is 10.6. The van der Waals surface area contributed by atoms with Crippen molar-refractivity contribution in [1.29, 1.82) is 0 Å². The van der Waals surface area contributed by atoms with E-state index in [2.05, 4.69) is 0 Å². The van der Waals surface area contributed by atoms with Gasteiger partial charge < -0.3 is 19.5 Å². The lowest BCUT2D eigenvalue weighted by Gasteiger charge is -2.18. The number of methoxy groups -OCH3 is 2. The number of nitrogens with zero attached hydrogens (tertiary/aromatic N) is 1. The highest BCUT2D eigenvalue weighted by Gasteiger charge is 2.16. The Morgan fingerprint density at radius 1 is 0.952 bits per heavy atom. The summed E-state index contributed by atoms with van der Waals surface area (Å²) in [6.45, 7) is 0. The standard InChI is InChI=1S/C17H21NO3/c1-18(2)13-7-5-12(6-8-13)17(19)15-10-9-14(20-3)11-16(15)21-4/h5-11,17,19H,1-4H3. The van der Waals surface area contributed by atoms with Crippen molar-refractivity contribution < 1.29 is 14.6 Å². The molecule has 0 fully saturated rings. The van der Waals surface area contributed by atoms with E-state index in [1.54, 1.807) is 20.3 Å². The third kappa shape index (κ3) is 3.28. The molecule has 0 saturated carbocycles. The minimum Gasteiger partial charge on any atom is -0.497 e. The highest BCUT2D eigenvalue weighted by Crippen LogP contribution is 2.33. The molecule has 4 heteroatoms. The first-order valence-corrected chi connectivity index (χ1v) is 6.74. The van der Waals surface area contributed by atoms with E-state index in [0.29, 0.717) is 11.5 Å². The predicted octanol–water partition coefficient (Wildman–Crippen LogP) is 2.85. The van der Waals surface area contributed by atoms with E-state index in [0.717, 1.165) is 16.8 Å². The number of aliphatic hydroxyl groups excluding tert-OH is 1. The number of hydrogen-bond acceptors (Lipinski definition) is 4. The zero-order valence-corrected chi connectivity index (χ0v) is 12.8. The molecule has 21 heavy (non-hydrogen) atoms. The van der Waals surface area contributed by atoms with Crippen LogP contribution in [0.25, 0.3) is 0 Å². The highest BCUT2D eigenvalue weighted by atomic mass is 16.5. The number of hydrogen-bond donors (Lipinski definition) is 1. The molecule has 0 bridgehead atoms. The van der Waals surface area contributed by atoms with Gasteiger partial charge in [0.1, 0.15) is 17.6 Å². The third-order valence-electron chi connectivity index (χ3n) is 3.46. The monoisotopic (exact) mass is 287 g/mol. The number of anilines is 1. The largest absolute Gasteiger partial charge is 0.497 e. The SMILES string of the molecule is COc1ccc(C(O)c2ccc(N(C)C)cc2)c(OC)c1. The number of ether oxygens (including phenoxy) is 2. The van der Waals surface area contributed by atoms with E-state index < -0.39 is 6.10 Å². The molecule has 0 amide bonds. The summed E-state index contributed by atoms with van der Waals surface area (Å²) in [5.41, 5.74) is 2.63. The number of rotatable bonds is 5. The van der Waals surface area contributed by atoms with E-state index >= 15 is 0 Å². The van der Waals surface area contributed by atoms with Crippen molar-refractivity contribution in [2.24, 2.45) is 0 Å². The molecule has 2 aromatic rings. The average molecular weight is 287 g/mol. The van der Waals surface area contributed by atoms with Crippen LogP contribution in [0.4, 0.5) is 5.69 Å². The van der Waals surface area contributed by atoms with Gasteiger partial charge in [-0.15, -0.1) is 0 Å². The van der Waals surface area contributed by atoms with Crippen molar-refractivity contribution in [3.63, 3.8) is 0 Å². The summed E-state index contributed by atoms with van der Waals surface area (Å²) in [4.78, 5) is 2.02. The molecule has 0 heterocycles. The van der Waals surface area contributed by atoms with Gasteiger partial charge >= 0.3 is 0 Å². The van der Waals surface area contributed by atoms with Crippen LogP contribution in [-0.2, 0) is 0 Å². The topological polar surface area (TPSA) is 41.9 Å². The van der Waals surface area contributed by atoms with Crippen molar-refractivity contribution in [3.8, 4) is 11.5 Å². The number of aliphatic hydroxyl groups is 1. The average Bonchev–Trinajstić information content (AvgIpc) is 2.53. The second-order valence-corrected chi connectivity index (χ2v) is 5.00. The molecule has 0 aliphatic heterocycles. The van der Waals surface area contributed by atoms with Crippen LogP contribution in [-0.4, -0.2) is 33.4 Å². The van der Waals surface area contributed by atoms with Crippen LogP contribution in [0.1, 0.15) is 17.2 Å². The van der Waals surface area contributed by atoms with Gasteiger partial charge in [0.25, 0.3) is 0 Å². The van der Waals surface area contributed by atoms with E-state index in [4.69, 9.17) is 9.47 Å². The summed E-state index contributed by atoms with van der Waals surface area (Å²) >= 11 is 0. The summed E-state index contributed by atoms with van der Waals surface area (Å²) in [5, 5.41) is 10.6. The Labute approximate surface area is 125 Å². The van der Waals surface area contributed by atoms with Crippen molar-refractivity contribution in [3.05, 3.63) is 53.6 Å². The van der Waals surface area contributed by atoms with E-state index in [-0.39, 0.29) is 0 Å². The first-order chi connectivity index (χ1) is 10.1. The summed E-state index contributed by atoms with van der Waals surface area (Å²) in [6, 6.07) is 13.2. The molecular weight excluding hydrogens is 266 g/mol. The molecule has 112 valence electrons. The van der Waals surface area contributed by atoms with E-state index in [9.17, 15) is 5.11 Å². The van der Waals surface area contributed by atoms with E-state index in [1.807, 2.05) is 55.4 Å². The lowest BCUT2D eigenvalue weighted by molar-refractivity contribution is 0.214. The van der Waals surface area contributed by atoms with Gasteiger partial charge in [-0.05, 0) is 29.8 Å². The molecule has 2 rings (SSSR count). The van der Waals surface area contributed by atoms with Gasteiger partial charge in [-0.2, -0.15) is 0 Å². The molecule has 0 aromatic heterocycles. The van der Waals surface area contributed by atoms with Gasteiger partial charge in [-0.3, -0.25) is 0 Å². The summed E-state index contributed by atoms with van der Waals surface area (Å²) in [5.74, 6) is 1.31. The molecule has 2 aromatic carbocycles. The van der Waals surface area contributed by atoms with Gasteiger partial charge in [0, 0.05) is 31.4 Å². The van der Waals surface area contributed by atoms with Crippen LogP contribution in [0.5, 0.6) is 11.5 Å². The Bertz CT molecular complexity index is 593. The smallest absolute Gasteiger partial charge is 0.128 e. The summed E-state index contributed by atoms with van der Waals surface area (Å²) in [7, 11) is 7.15. The Morgan fingerprint density at radius 2 is 1.62 bits per heavy atom. The van der Waals surface area contributed by atoms with Crippen LogP contribution in [0.3, 0.4) is 0 Å². The first kappa shape index (κ1) is 15.2. The maximum absolute atomic E-state index is 10.6. The fourth-order valence-corrected chi connectivity index (χ4v) is 2.18. The van der Waals surface area contributed by atoms with Crippen molar-refractivity contribution in [2.45, 2.75) is 6.10 Å². The molecule has 0 radical (unpaired) electrons. The highest BCUT2D eigenvalue weighted by molar-refractivity contribution is 5.49. The van der Waals surface area contributed by atoms with Crippen LogP contribution in [0, 0.1) is 0 Å². The Hall–Kier alpha value is -2.20. The van der Waals surface area contributed by atoms with Gasteiger partial charge in [-0.1, -0.05) is 12.1 Å². The van der Waals surface area contributed by atoms with Gasteiger partial charge in [0.2, 0.25) is 0 Å². The summed E-state index contributed by atoms with van der Waals surface area (Å²) in [6.07, 6.45) is -0.734. The number of benzene rings is 2. The maximum Gasteiger partial charge on any atom is 0.128 e. The second-order valence-electron chi connectivity index (χ2n) is 5.00. The predicted molar refractivity (Wildman–Crippen MR) is 84.4 cm³/mol. The van der Waals surface area contributed by atoms with Crippen molar-refractivity contribution >= 4 is 5.69 Å². The molecule has 1 unspecified atom stereocenters. The normalized spacial score (nSPS) is 11.9. The zero-order chi connectivity index (χ0) is 15.4. The van der Waals surface area contributed by atoms with E-state index in [1.165, 1.54) is 0 Å². The fourth-order valence-electron chi connectivity index (χ4n) is 2.18. The Kier molecular flexibility index (Phi) is 4.70. The molecule has 0 saturated heterocycles. The molecule has 0 spiro atoms. The minimum atomic E-state index is -0.734. The van der Waals surface area contributed by atoms with Crippen LogP contribution < -0.4 is 14.4 Å². The minimum absolute atomic E-state index is 0.610. The Balaban J connectivity index is 2.32. The molecule has 0 aliphatic carbocycles. The fraction of sp³-hybridized carbons (Fsp3) is 0.294. The molecule has 4 nitrogen and oxygen atoms in total. The Morgan fingerprint density at radius 3 is 2.14 bits per heavy atom. The van der Waals surface area contributed by atoms with Crippen LogP contribution >= 0.6 is 0 Å². The van der Waals surface area contributed by atoms with Crippen LogP contribution in [0.15, 0.2) is 42.5 Å². The second kappa shape index (κ2) is 6.50. The van der Waals surface area contributed by atoms with Crippen molar-refractivity contribution in [1.82, 2.24) is 0 Å². The van der Waals surface area contributed by atoms with Crippen molar-refractivity contribution in [2.75, 3.05) is 33.2 Å². The molecular formula is C17H21NO3. The van der Waals surface area contributed by atoms with Gasteiger partial charge in [-0.25, -0.2) is 0 Å². The lowest BCUT2D eigenvalue weighted by atomic mass is 10.00. The lowest BCUT2D eigenvalue weighted by Crippen LogP contribution is -2.09. The quantitative estimate of drug-likeness (QED) is 0.918. The van der Waals surface area contributed by atoms with Gasteiger partial charge in [0.05, 0.1) is 14.2 Å².